The molecule has 1 aromatic carbocycles. The van der Waals surface area contributed by atoms with Gasteiger partial charge in [0, 0.05) is 37.0 Å². The Morgan fingerprint density at radius 3 is 2.32 bits per heavy atom. The minimum atomic E-state index is -4.84. The van der Waals surface area contributed by atoms with Gasteiger partial charge in [0.25, 0.3) is 5.91 Å². The third-order valence-corrected chi connectivity index (χ3v) is 11.3. The van der Waals surface area contributed by atoms with E-state index in [-0.39, 0.29) is 66.0 Å². The number of methoxy groups -OCH3 is 1. The summed E-state index contributed by atoms with van der Waals surface area (Å²) in [6.45, 7) is 3.61. The number of halogens is 3. The zero-order valence-corrected chi connectivity index (χ0v) is 27.3. The predicted molar refractivity (Wildman–Crippen MR) is 168 cm³/mol. The lowest BCUT2D eigenvalue weighted by Gasteiger charge is -2.33. The van der Waals surface area contributed by atoms with Crippen molar-refractivity contribution < 1.29 is 42.2 Å². The lowest BCUT2D eigenvalue weighted by atomic mass is 9.83. The third kappa shape index (κ3) is 6.54. The van der Waals surface area contributed by atoms with Crippen LogP contribution in [-0.2, 0) is 22.4 Å². The fraction of sp³-hybridized carbons (Fsp3) is 0.484. The largest absolute Gasteiger partial charge is 0.495 e. The van der Waals surface area contributed by atoms with Crippen molar-refractivity contribution in [3.05, 3.63) is 58.5 Å². The highest BCUT2D eigenvalue weighted by atomic mass is 31.2. The number of ether oxygens (including phenoxy) is 1. The van der Waals surface area contributed by atoms with E-state index in [9.17, 15) is 37.4 Å². The van der Waals surface area contributed by atoms with Gasteiger partial charge >= 0.3 is 13.8 Å². The molecule has 5 N–H and O–H groups in total. The average Bonchev–Trinajstić information content (AvgIpc) is 3.32. The number of aliphatic hydroxyl groups is 1. The highest BCUT2D eigenvalue weighted by Crippen LogP contribution is 2.61. The maximum Gasteiger partial charge on any atom is 0.421 e. The van der Waals surface area contributed by atoms with Crippen LogP contribution in [-0.4, -0.2) is 60.9 Å². The fourth-order valence-corrected chi connectivity index (χ4v) is 7.88. The smallest absolute Gasteiger partial charge is 0.421 e. The summed E-state index contributed by atoms with van der Waals surface area (Å²) in [5, 5.41) is 14.1. The van der Waals surface area contributed by atoms with Gasteiger partial charge in [0.2, 0.25) is 5.95 Å². The summed E-state index contributed by atoms with van der Waals surface area (Å²) in [6, 6.07) is 4.49. The van der Waals surface area contributed by atoms with Crippen LogP contribution in [0.4, 0.5) is 36.3 Å². The minimum absolute atomic E-state index is 0.0176. The van der Waals surface area contributed by atoms with Crippen molar-refractivity contribution in [2.45, 2.75) is 82.3 Å². The molecule has 1 fully saturated rings. The predicted octanol–water partition coefficient (Wildman–Crippen LogP) is 6.18. The van der Waals surface area contributed by atoms with Crippen molar-refractivity contribution in [2.75, 3.05) is 24.8 Å². The maximum absolute atomic E-state index is 14.2. The molecule has 0 saturated heterocycles. The normalized spacial score (nSPS) is 18.7. The van der Waals surface area contributed by atoms with Gasteiger partial charge in [-0.05, 0) is 56.2 Å². The van der Waals surface area contributed by atoms with Crippen molar-refractivity contribution in [1.29, 1.82) is 0 Å². The van der Waals surface area contributed by atoms with Gasteiger partial charge in [0.05, 0.1) is 41.5 Å². The van der Waals surface area contributed by atoms with Crippen LogP contribution in [0.5, 0.6) is 5.75 Å². The highest BCUT2D eigenvalue weighted by Gasteiger charge is 2.45. The number of carbonyl (C=O) groups excluding carboxylic acids is 1. The molecule has 16 heteroatoms. The molecule has 3 heterocycles. The van der Waals surface area contributed by atoms with E-state index in [0.29, 0.717) is 48.7 Å². The molecule has 254 valence electrons. The number of aliphatic hydroxyl groups excluding tert-OH is 1. The number of carbonyl (C=O) groups is 1. The Labute approximate surface area is 270 Å². The summed E-state index contributed by atoms with van der Waals surface area (Å²) in [4.78, 5) is 47.7. The number of nitrogens with one attached hydrogen (secondary N) is 2. The summed E-state index contributed by atoms with van der Waals surface area (Å²) in [5.41, 5.74) is 1.07. The van der Waals surface area contributed by atoms with Gasteiger partial charge < -0.3 is 35.2 Å². The van der Waals surface area contributed by atoms with Crippen molar-refractivity contribution in [3.8, 4) is 5.75 Å². The van der Waals surface area contributed by atoms with Gasteiger partial charge in [-0.3, -0.25) is 14.3 Å². The highest BCUT2D eigenvalue weighted by molar-refractivity contribution is 7.53. The van der Waals surface area contributed by atoms with Crippen LogP contribution in [0.1, 0.15) is 91.0 Å². The first-order chi connectivity index (χ1) is 22.1. The molecule has 0 unspecified atom stereocenters. The number of pyridine rings is 1. The first-order valence-corrected chi connectivity index (χ1v) is 16.9. The first kappa shape index (κ1) is 34.6. The molecule has 0 bridgehead atoms. The molecule has 5 rings (SSSR count). The van der Waals surface area contributed by atoms with E-state index in [1.54, 1.807) is 20.9 Å². The summed E-state index contributed by atoms with van der Waals surface area (Å²) in [5.74, 6) is -1.02. The lowest BCUT2D eigenvalue weighted by Crippen LogP contribution is -2.24. The number of hydrogen-bond acceptors (Lipinski definition) is 9. The SMILES string of the molecule is CCC(CC)(c1ccc(Nc2ncc(C(F)(F)F)c(Nc3cnc([C@H]4CC[C@H](O)CC4)c4c3C(=O)N(C)C4)n2)c(OC)c1)P(=O)(O)O. The van der Waals surface area contributed by atoms with Crippen molar-refractivity contribution in [2.24, 2.45) is 0 Å². The third-order valence-electron chi connectivity index (χ3n) is 9.31. The van der Waals surface area contributed by atoms with Crippen molar-refractivity contribution in [1.82, 2.24) is 19.9 Å². The Morgan fingerprint density at radius 2 is 1.72 bits per heavy atom. The van der Waals surface area contributed by atoms with Crippen LogP contribution in [0.2, 0.25) is 0 Å². The fourth-order valence-electron chi connectivity index (χ4n) is 6.58. The number of hydrogen-bond donors (Lipinski definition) is 5. The Hall–Kier alpha value is -3.78. The molecule has 47 heavy (non-hydrogen) atoms. The molecule has 12 nitrogen and oxygen atoms in total. The standard InChI is InChI=1S/C31H38F3N6O6P/c1-5-30(6-2,47(43,44)45)18-9-12-22(24(13-18)46-4)38-29-36-14-21(31(32,33)34)27(39-29)37-23-15-35-26(17-7-10-19(41)11-8-17)20-16-40(3)28(42)25(20)23/h9,12-15,17,19,41H,5-8,10-11,16H2,1-4H3,(H2,43,44,45)(H2,36,37,38,39)/t17-,19-. The van der Waals surface area contributed by atoms with E-state index < -0.39 is 30.3 Å². The Kier molecular flexibility index (Phi) is 9.57. The van der Waals surface area contributed by atoms with E-state index in [1.165, 1.54) is 36.4 Å². The van der Waals surface area contributed by atoms with Crippen LogP contribution in [0.15, 0.2) is 30.6 Å². The number of rotatable bonds is 10. The second kappa shape index (κ2) is 13.0. The summed E-state index contributed by atoms with van der Waals surface area (Å²) in [6.07, 6.45) is -0.367. The molecule has 2 aromatic heterocycles. The zero-order chi connectivity index (χ0) is 34.3. The van der Waals surface area contributed by atoms with Gasteiger partial charge in [-0.25, -0.2) is 4.98 Å². The second-order valence-corrected chi connectivity index (χ2v) is 13.9. The van der Waals surface area contributed by atoms with Gasteiger partial charge in [-0.2, -0.15) is 18.2 Å². The first-order valence-electron chi connectivity index (χ1n) is 15.3. The number of amides is 1. The van der Waals surface area contributed by atoms with E-state index in [2.05, 4.69) is 25.6 Å². The molecule has 1 saturated carbocycles. The Balaban J connectivity index is 1.52. The molecule has 0 atom stereocenters. The number of nitrogens with zero attached hydrogens (tertiary/aromatic N) is 4. The summed E-state index contributed by atoms with van der Waals surface area (Å²) < 4.78 is 60.5. The van der Waals surface area contributed by atoms with E-state index in [1.807, 2.05) is 0 Å². The minimum Gasteiger partial charge on any atom is -0.495 e. The summed E-state index contributed by atoms with van der Waals surface area (Å²) >= 11 is 0. The van der Waals surface area contributed by atoms with Gasteiger partial charge in [-0.1, -0.05) is 19.9 Å². The number of alkyl halides is 3. The monoisotopic (exact) mass is 678 g/mol. The summed E-state index contributed by atoms with van der Waals surface area (Å²) in [7, 11) is -1.63. The molecular formula is C31H38F3N6O6P. The zero-order valence-electron chi connectivity index (χ0n) is 26.4. The molecule has 0 spiro atoms. The van der Waals surface area contributed by atoms with Crippen LogP contribution in [0.25, 0.3) is 0 Å². The van der Waals surface area contributed by atoms with E-state index in [4.69, 9.17) is 4.74 Å². The van der Waals surface area contributed by atoms with Crippen LogP contribution in [0.3, 0.4) is 0 Å². The number of anilines is 4. The average molecular weight is 679 g/mol. The number of aromatic nitrogens is 3. The van der Waals surface area contributed by atoms with Crippen LogP contribution < -0.4 is 15.4 Å². The Bertz CT molecular complexity index is 1710. The topological polar surface area (TPSA) is 170 Å². The number of fused-ring (bicyclic) bond motifs is 1. The lowest BCUT2D eigenvalue weighted by molar-refractivity contribution is -0.137. The quantitative estimate of drug-likeness (QED) is 0.155. The maximum atomic E-state index is 14.2. The molecule has 1 amide bonds. The van der Waals surface area contributed by atoms with Gasteiger partial charge in [-0.15, -0.1) is 0 Å². The molecule has 3 aromatic rings. The molecular weight excluding hydrogens is 640 g/mol. The van der Waals surface area contributed by atoms with E-state index >= 15 is 0 Å². The number of benzene rings is 1. The van der Waals surface area contributed by atoms with Crippen LogP contribution >= 0.6 is 7.60 Å². The van der Waals surface area contributed by atoms with Gasteiger partial charge in [0.1, 0.15) is 17.1 Å². The molecule has 1 aliphatic heterocycles. The second-order valence-electron chi connectivity index (χ2n) is 12.0. The molecule has 1 aliphatic carbocycles. The van der Waals surface area contributed by atoms with Gasteiger partial charge in [0.15, 0.2) is 0 Å². The molecule has 2 aliphatic rings. The van der Waals surface area contributed by atoms with Crippen molar-refractivity contribution in [3.63, 3.8) is 0 Å². The molecule has 0 radical (unpaired) electrons. The van der Waals surface area contributed by atoms with Crippen LogP contribution in [0, 0.1) is 0 Å². The van der Waals surface area contributed by atoms with Crippen molar-refractivity contribution >= 4 is 36.6 Å². The van der Waals surface area contributed by atoms with E-state index in [0.717, 1.165) is 0 Å². The Morgan fingerprint density at radius 1 is 1.04 bits per heavy atom.